The van der Waals surface area contributed by atoms with Crippen molar-refractivity contribution in [2.45, 2.75) is 38.7 Å². The lowest BCUT2D eigenvalue weighted by atomic mass is 9.83. The molecule has 27 heavy (non-hydrogen) atoms. The van der Waals surface area contributed by atoms with E-state index in [0.29, 0.717) is 18.6 Å². The van der Waals surface area contributed by atoms with Crippen molar-refractivity contribution in [1.29, 1.82) is 0 Å². The third-order valence-electron chi connectivity index (χ3n) is 5.08. The highest BCUT2D eigenvalue weighted by molar-refractivity contribution is 14.0. The van der Waals surface area contributed by atoms with Gasteiger partial charge in [0.25, 0.3) is 0 Å². The van der Waals surface area contributed by atoms with Gasteiger partial charge in [0.15, 0.2) is 5.96 Å². The molecule has 2 rings (SSSR count). The highest BCUT2D eigenvalue weighted by atomic mass is 127. The van der Waals surface area contributed by atoms with Crippen LogP contribution < -0.4 is 10.6 Å². The highest BCUT2D eigenvalue weighted by Gasteiger charge is 2.33. The lowest BCUT2D eigenvalue weighted by Gasteiger charge is -2.29. The van der Waals surface area contributed by atoms with Crippen LogP contribution in [-0.2, 0) is 16.1 Å². The molecule has 1 aromatic rings. The normalized spacial score (nSPS) is 16.0. The SMILES string of the molecule is CN=C(NCCOCc1ccc(Cl)cc1)NCC1(CCOC)CCCC1.I. The largest absolute Gasteiger partial charge is 0.385 e. The molecule has 1 aliphatic carbocycles. The summed E-state index contributed by atoms with van der Waals surface area (Å²) in [6.07, 6.45) is 6.28. The zero-order valence-electron chi connectivity index (χ0n) is 16.4. The Labute approximate surface area is 185 Å². The number of ether oxygens (including phenoxy) is 2. The van der Waals surface area contributed by atoms with E-state index in [1.165, 1.54) is 25.7 Å². The second kappa shape index (κ2) is 13.6. The summed E-state index contributed by atoms with van der Waals surface area (Å²) in [5.41, 5.74) is 1.47. The minimum Gasteiger partial charge on any atom is -0.385 e. The molecule has 5 nitrogen and oxygen atoms in total. The monoisotopic (exact) mass is 509 g/mol. The first-order valence-corrected chi connectivity index (χ1v) is 9.81. The van der Waals surface area contributed by atoms with Crippen molar-refractivity contribution in [3.05, 3.63) is 34.9 Å². The lowest BCUT2D eigenvalue weighted by molar-refractivity contribution is 0.125. The number of halogens is 2. The molecule has 0 bridgehead atoms. The molecular weight excluding hydrogens is 477 g/mol. The fourth-order valence-corrected chi connectivity index (χ4v) is 3.59. The number of guanidine groups is 1. The molecule has 7 heteroatoms. The quantitative estimate of drug-likeness (QED) is 0.214. The van der Waals surface area contributed by atoms with Crippen molar-refractivity contribution < 1.29 is 9.47 Å². The summed E-state index contributed by atoms with van der Waals surface area (Å²) in [5, 5.41) is 7.56. The number of aliphatic imine (C=N–C) groups is 1. The summed E-state index contributed by atoms with van der Waals surface area (Å²) in [7, 11) is 3.58. The van der Waals surface area contributed by atoms with Crippen LogP contribution in [0, 0.1) is 5.41 Å². The van der Waals surface area contributed by atoms with Gasteiger partial charge in [0, 0.05) is 38.9 Å². The van der Waals surface area contributed by atoms with Crippen molar-refractivity contribution >= 4 is 41.5 Å². The number of hydrogen-bond donors (Lipinski definition) is 2. The van der Waals surface area contributed by atoms with Crippen molar-refractivity contribution in [1.82, 2.24) is 10.6 Å². The molecule has 0 aromatic heterocycles. The van der Waals surface area contributed by atoms with Crippen LogP contribution in [0.15, 0.2) is 29.3 Å². The van der Waals surface area contributed by atoms with Crippen LogP contribution in [0.25, 0.3) is 0 Å². The Hall–Kier alpha value is -0.570. The van der Waals surface area contributed by atoms with E-state index >= 15 is 0 Å². The van der Waals surface area contributed by atoms with E-state index in [9.17, 15) is 0 Å². The van der Waals surface area contributed by atoms with Gasteiger partial charge < -0.3 is 20.1 Å². The lowest BCUT2D eigenvalue weighted by Crippen LogP contribution is -2.44. The summed E-state index contributed by atoms with van der Waals surface area (Å²) in [5.74, 6) is 0.837. The van der Waals surface area contributed by atoms with Gasteiger partial charge in [-0.05, 0) is 42.4 Å². The Morgan fingerprint density at radius 2 is 1.85 bits per heavy atom. The maximum absolute atomic E-state index is 5.88. The molecular formula is C20H33ClIN3O2. The van der Waals surface area contributed by atoms with Crippen LogP contribution in [0.1, 0.15) is 37.7 Å². The molecule has 0 radical (unpaired) electrons. The average molecular weight is 510 g/mol. The predicted molar refractivity (Wildman–Crippen MR) is 123 cm³/mol. The van der Waals surface area contributed by atoms with Crippen LogP contribution in [0.2, 0.25) is 5.02 Å². The van der Waals surface area contributed by atoms with E-state index in [1.54, 1.807) is 14.2 Å². The Morgan fingerprint density at radius 3 is 2.48 bits per heavy atom. The number of methoxy groups -OCH3 is 1. The van der Waals surface area contributed by atoms with Gasteiger partial charge in [-0.3, -0.25) is 4.99 Å². The summed E-state index contributed by atoms with van der Waals surface area (Å²) < 4.78 is 11.0. The number of hydrogen-bond acceptors (Lipinski definition) is 3. The molecule has 0 unspecified atom stereocenters. The van der Waals surface area contributed by atoms with Gasteiger partial charge >= 0.3 is 0 Å². The molecule has 0 amide bonds. The van der Waals surface area contributed by atoms with Gasteiger partial charge in [-0.15, -0.1) is 24.0 Å². The van der Waals surface area contributed by atoms with Crippen LogP contribution >= 0.6 is 35.6 Å². The second-order valence-electron chi connectivity index (χ2n) is 6.98. The molecule has 1 aliphatic rings. The summed E-state index contributed by atoms with van der Waals surface area (Å²) in [4.78, 5) is 4.32. The molecule has 0 saturated heterocycles. The first-order valence-electron chi connectivity index (χ1n) is 9.43. The molecule has 0 atom stereocenters. The zero-order chi connectivity index (χ0) is 18.7. The summed E-state index contributed by atoms with van der Waals surface area (Å²) >= 11 is 5.88. The number of benzene rings is 1. The van der Waals surface area contributed by atoms with E-state index in [2.05, 4.69) is 15.6 Å². The maximum atomic E-state index is 5.88. The van der Waals surface area contributed by atoms with Crippen molar-refractivity contribution in [3.63, 3.8) is 0 Å². The first kappa shape index (κ1) is 24.5. The van der Waals surface area contributed by atoms with E-state index in [1.807, 2.05) is 24.3 Å². The van der Waals surface area contributed by atoms with E-state index < -0.39 is 0 Å². The molecule has 1 fully saturated rings. The van der Waals surface area contributed by atoms with Gasteiger partial charge in [-0.25, -0.2) is 0 Å². The van der Waals surface area contributed by atoms with Crippen LogP contribution in [-0.4, -0.2) is 46.4 Å². The molecule has 1 aromatic carbocycles. The van der Waals surface area contributed by atoms with E-state index in [4.69, 9.17) is 21.1 Å². The van der Waals surface area contributed by atoms with Crippen molar-refractivity contribution in [3.8, 4) is 0 Å². The summed E-state index contributed by atoms with van der Waals surface area (Å²) in [6.45, 7) is 3.70. The second-order valence-corrected chi connectivity index (χ2v) is 7.42. The van der Waals surface area contributed by atoms with Gasteiger partial charge in [-0.1, -0.05) is 36.6 Å². The van der Waals surface area contributed by atoms with E-state index in [-0.39, 0.29) is 24.0 Å². The minimum absolute atomic E-state index is 0. The van der Waals surface area contributed by atoms with Crippen molar-refractivity contribution in [2.75, 3.05) is 40.5 Å². The highest BCUT2D eigenvalue weighted by Crippen LogP contribution is 2.40. The van der Waals surface area contributed by atoms with Gasteiger partial charge in [0.1, 0.15) is 0 Å². The van der Waals surface area contributed by atoms with E-state index in [0.717, 1.165) is 42.7 Å². The molecule has 0 aliphatic heterocycles. The summed E-state index contributed by atoms with van der Waals surface area (Å²) in [6, 6.07) is 7.73. The number of nitrogens with zero attached hydrogens (tertiary/aromatic N) is 1. The van der Waals surface area contributed by atoms with Crippen LogP contribution in [0.4, 0.5) is 0 Å². The maximum Gasteiger partial charge on any atom is 0.191 e. The topological polar surface area (TPSA) is 54.9 Å². The fourth-order valence-electron chi connectivity index (χ4n) is 3.46. The van der Waals surface area contributed by atoms with Gasteiger partial charge in [-0.2, -0.15) is 0 Å². The molecule has 1 saturated carbocycles. The van der Waals surface area contributed by atoms with Crippen molar-refractivity contribution in [2.24, 2.45) is 10.4 Å². The molecule has 154 valence electrons. The smallest absolute Gasteiger partial charge is 0.191 e. The van der Waals surface area contributed by atoms with Gasteiger partial charge in [0.05, 0.1) is 13.2 Å². The predicted octanol–water partition coefficient (Wildman–Crippen LogP) is 4.24. The first-order chi connectivity index (χ1) is 12.7. The zero-order valence-corrected chi connectivity index (χ0v) is 19.5. The Morgan fingerprint density at radius 1 is 1.15 bits per heavy atom. The standard InChI is InChI=1S/C20H32ClN3O2.HI/c1-22-19(24-16-20(11-13-25-2)9-3-4-10-20)23-12-14-26-15-17-5-7-18(21)8-6-17;/h5-8H,3-4,9-16H2,1-2H3,(H2,22,23,24);1H. The third-order valence-corrected chi connectivity index (χ3v) is 5.33. The number of rotatable bonds is 10. The molecule has 2 N–H and O–H groups in total. The minimum atomic E-state index is 0. The molecule has 0 heterocycles. The Kier molecular flexibility index (Phi) is 12.3. The Bertz CT molecular complexity index is 549. The third kappa shape index (κ3) is 8.98. The average Bonchev–Trinajstić information content (AvgIpc) is 3.13. The van der Waals surface area contributed by atoms with Crippen LogP contribution in [0.5, 0.6) is 0 Å². The van der Waals surface area contributed by atoms with Crippen LogP contribution in [0.3, 0.4) is 0 Å². The number of nitrogens with one attached hydrogen (secondary N) is 2. The molecule has 0 spiro atoms. The Balaban J connectivity index is 0.00000364. The fraction of sp³-hybridized carbons (Fsp3) is 0.650. The van der Waals surface area contributed by atoms with Gasteiger partial charge in [0.2, 0.25) is 0 Å².